The number of hydrogen-bond donors (Lipinski definition) is 2. The maximum absolute atomic E-state index is 10.7. The molecule has 0 saturated heterocycles. The van der Waals surface area contributed by atoms with Crippen LogP contribution in [0, 0.1) is 46.3 Å². The van der Waals surface area contributed by atoms with Crippen LogP contribution in [0.4, 0.5) is 0 Å². The number of rotatable bonds is 5. The summed E-state index contributed by atoms with van der Waals surface area (Å²) in [5.74, 6) is 5.03. The van der Waals surface area contributed by atoms with E-state index < -0.39 is 11.2 Å². The molecule has 2 nitrogen and oxygen atoms in total. The molecule has 2 heteroatoms. The molecule has 0 aliphatic heterocycles. The summed E-state index contributed by atoms with van der Waals surface area (Å²) in [7, 11) is 0. The molecule has 174 valence electrons. The van der Waals surface area contributed by atoms with Gasteiger partial charge < -0.3 is 10.2 Å². The lowest BCUT2D eigenvalue weighted by atomic mass is 9.43. The molecule has 10 atom stereocenters. The van der Waals surface area contributed by atoms with E-state index in [-0.39, 0.29) is 0 Å². The molecule has 2 N–H and O–H groups in total. The van der Waals surface area contributed by atoms with Crippen molar-refractivity contribution in [2.45, 2.75) is 130 Å². The molecular weight excluding hydrogens is 368 g/mol. The molecule has 0 bridgehead atoms. The average molecular weight is 419 g/mol. The summed E-state index contributed by atoms with van der Waals surface area (Å²) in [4.78, 5) is 0. The van der Waals surface area contributed by atoms with Crippen LogP contribution in [0.3, 0.4) is 0 Å². The second-order valence-corrected chi connectivity index (χ2v) is 13.5. The van der Waals surface area contributed by atoms with Crippen molar-refractivity contribution in [2.24, 2.45) is 46.3 Å². The van der Waals surface area contributed by atoms with Gasteiger partial charge >= 0.3 is 0 Å². The molecule has 0 aromatic heterocycles. The molecule has 0 aromatic carbocycles. The average Bonchev–Trinajstić information content (AvgIpc) is 3.04. The fourth-order valence-electron chi connectivity index (χ4n) is 9.32. The molecular formula is C28H50O2. The Labute approximate surface area is 186 Å². The van der Waals surface area contributed by atoms with Crippen molar-refractivity contribution in [1.82, 2.24) is 0 Å². The summed E-state index contributed by atoms with van der Waals surface area (Å²) < 4.78 is 0. The Balaban J connectivity index is 1.48. The maximum Gasteiger partial charge on any atom is 0.0622 e. The van der Waals surface area contributed by atoms with Crippen LogP contribution in [-0.2, 0) is 0 Å². The van der Waals surface area contributed by atoms with Crippen molar-refractivity contribution < 1.29 is 10.2 Å². The Morgan fingerprint density at radius 3 is 2.33 bits per heavy atom. The predicted octanol–water partition coefficient (Wildman–Crippen LogP) is 6.97. The third-order valence-corrected chi connectivity index (χ3v) is 11.6. The highest BCUT2D eigenvalue weighted by molar-refractivity contribution is 5.10. The van der Waals surface area contributed by atoms with Gasteiger partial charge in [0, 0.05) is 0 Å². The molecule has 4 rings (SSSR count). The zero-order valence-electron chi connectivity index (χ0n) is 20.8. The van der Waals surface area contributed by atoms with Gasteiger partial charge in [0.2, 0.25) is 0 Å². The van der Waals surface area contributed by atoms with Crippen molar-refractivity contribution in [3.05, 3.63) is 0 Å². The predicted molar refractivity (Wildman–Crippen MR) is 125 cm³/mol. The largest absolute Gasteiger partial charge is 0.390 e. The molecule has 2 unspecified atom stereocenters. The van der Waals surface area contributed by atoms with Crippen molar-refractivity contribution in [1.29, 1.82) is 0 Å². The first-order valence-electron chi connectivity index (χ1n) is 13.4. The number of aliphatic hydroxyl groups is 2. The topological polar surface area (TPSA) is 40.5 Å². The first kappa shape index (κ1) is 23.1. The lowest BCUT2D eigenvalue weighted by Crippen LogP contribution is -2.55. The monoisotopic (exact) mass is 418 g/mol. The molecule has 4 aliphatic carbocycles. The van der Waals surface area contributed by atoms with Gasteiger partial charge in [-0.15, -0.1) is 0 Å². The van der Waals surface area contributed by atoms with Crippen molar-refractivity contribution in [2.75, 3.05) is 0 Å². The van der Waals surface area contributed by atoms with Gasteiger partial charge in [-0.2, -0.15) is 0 Å². The highest BCUT2D eigenvalue weighted by Gasteiger charge is 2.61. The maximum atomic E-state index is 10.7. The summed E-state index contributed by atoms with van der Waals surface area (Å²) >= 11 is 0. The van der Waals surface area contributed by atoms with Gasteiger partial charge in [0.1, 0.15) is 0 Å². The molecule has 4 fully saturated rings. The fourth-order valence-corrected chi connectivity index (χ4v) is 9.32. The minimum atomic E-state index is -0.486. The highest BCUT2D eigenvalue weighted by Crippen LogP contribution is 2.68. The van der Waals surface area contributed by atoms with E-state index in [1.165, 1.54) is 51.4 Å². The Bertz CT molecular complexity index is 624. The number of hydrogen-bond acceptors (Lipinski definition) is 2. The van der Waals surface area contributed by atoms with Crippen LogP contribution in [0.1, 0.15) is 119 Å². The lowest BCUT2D eigenvalue weighted by molar-refractivity contribution is -0.148. The Morgan fingerprint density at radius 2 is 1.63 bits per heavy atom. The Hall–Kier alpha value is -0.0800. The molecule has 0 aromatic rings. The standard InChI is InChI=1S/C28H50O2/c1-7-25(3,29)14-12-19(2)22-10-11-23-21-9-8-20-18-26(4,30)16-17-27(20,5)24(21)13-15-28(22,23)6/h19-24,29-30H,7-18H2,1-6H3/t19-,20+,21+,22-,23+,24+,25?,26+,27?,28-/m1/s1. The van der Waals surface area contributed by atoms with E-state index in [1.807, 2.05) is 6.92 Å². The van der Waals surface area contributed by atoms with Gasteiger partial charge in [0.15, 0.2) is 0 Å². The molecule has 30 heavy (non-hydrogen) atoms. The zero-order valence-corrected chi connectivity index (χ0v) is 20.8. The minimum Gasteiger partial charge on any atom is -0.390 e. The molecule has 4 aliphatic rings. The van der Waals surface area contributed by atoms with Crippen LogP contribution in [0.15, 0.2) is 0 Å². The lowest BCUT2D eigenvalue weighted by Gasteiger charge is -2.62. The second kappa shape index (κ2) is 7.75. The van der Waals surface area contributed by atoms with E-state index in [2.05, 4.69) is 34.6 Å². The van der Waals surface area contributed by atoms with Gasteiger partial charge in [0.25, 0.3) is 0 Å². The van der Waals surface area contributed by atoms with Crippen molar-refractivity contribution in [3.8, 4) is 0 Å². The highest BCUT2D eigenvalue weighted by atomic mass is 16.3. The molecule has 0 spiro atoms. The summed E-state index contributed by atoms with van der Waals surface area (Å²) in [6, 6.07) is 0. The van der Waals surface area contributed by atoms with E-state index in [0.717, 1.165) is 61.2 Å². The van der Waals surface area contributed by atoms with Gasteiger partial charge in [-0.25, -0.2) is 0 Å². The molecule has 4 saturated carbocycles. The summed E-state index contributed by atoms with van der Waals surface area (Å²) in [5, 5.41) is 21.2. The Morgan fingerprint density at radius 1 is 0.933 bits per heavy atom. The summed E-state index contributed by atoms with van der Waals surface area (Å²) in [6.07, 6.45) is 14.7. The third-order valence-electron chi connectivity index (χ3n) is 11.6. The van der Waals surface area contributed by atoms with Crippen molar-refractivity contribution in [3.63, 3.8) is 0 Å². The van der Waals surface area contributed by atoms with Crippen LogP contribution in [0.25, 0.3) is 0 Å². The molecule has 0 heterocycles. The van der Waals surface area contributed by atoms with Gasteiger partial charge in [0.05, 0.1) is 11.2 Å². The van der Waals surface area contributed by atoms with Gasteiger partial charge in [-0.3, -0.25) is 0 Å². The van der Waals surface area contributed by atoms with Gasteiger partial charge in [-0.05, 0) is 137 Å². The van der Waals surface area contributed by atoms with Crippen LogP contribution in [0.5, 0.6) is 0 Å². The SMILES string of the molecule is CCC(C)(O)CC[C@@H](C)[C@H]1CC[C@H]2[C@@H]3CC[C@H]4C[C@@](C)(O)CCC4(C)[C@H]3CC[C@]12C. The molecule has 0 amide bonds. The third kappa shape index (κ3) is 3.81. The van der Waals surface area contributed by atoms with E-state index >= 15 is 0 Å². The van der Waals surface area contributed by atoms with Crippen LogP contribution in [0.2, 0.25) is 0 Å². The second-order valence-electron chi connectivity index (χ2n) is 13.5. The van der Waals surface area contributed by atoms with Gasteiger partial charge in [-0.1, -0.05) is 27.7 Å². The Kier molecular flexibility index (Phi) is 5.97. The zero-order chi connectivity index (χ0) is 21.9. The van der Waals surface area contributed by atoms with E-state index in [9.17, 15) is 10.2 Å². The number of fused-ring (bicyclic) bond motifs is 5. The fraction of sp³-hybridized carbons (Fsp3) is 1.00. The summed E-state index contributed by atoms with van der Waals surface area (Å²) in [5.41, 5.74) is 0.0752. The first-order chi connectivity index (χ1) is 13.9. The van der Waals surface area contributed by atoms with Crippen molar-refractivity contribution >= 4 is 0 Å². The first-order valence-corrected chi connectivity index (χ1v) is 13.4. The van der Waals surface area contributed by atoms with Crippen LogP contribution < -0.4 is 0 Å². The smallest absolute Gasteiger partial charge is 0.0622 e. The van der Waals surface area contributed by atoms with Crippen LogP contribution in [-0.4, -0.2) is 21.4 Å². The molecule has 0 radical (unpaired) electrons. The quantitative estimate of drug-likeness (QED) is 0.506. The van der Waals surface area contributed by atoms with Crippen LogP contribution >= 0.6 is 0 Å². The minimum absolute atomic E-state index is 0.423. The van der Waals surface area contributed by atoms with E-state index in [0.29, 0.717) is 10.8 Å². The van der Waals surface area contributed by atoms with E-state index in [4.69, 9.17) is 0 Å². The van der Waals surface area contributed by atoms with E-state index in [1.54, 1.807) is 0 Å². The summed E-state index contributed by atoms with van der Waals surface area (Å²) in [6.45, 7) is 14.0. The normalized spacial score (nSPS) is 51.4.